The number of nitrogens with zero attached hydrogens (tertiary/aromatic N) is 1. The summed E-state index contributed by atoms with van der Waals surface area (Å²) in [5.41, 5.74) is 0.738. The van der Waals surface area contributed by atoms with Gasteiger partial charge >= 0.3 is 19.9 Å². The Hall–Kier alpha value is -1.66. The fourth-order valence-electron chi connectivity index (χ4n) is 9.42. The van der Waals surface area contributed by atoms with Crippen LogP contribution >= 0.6 is 7.60 Å². The van der Waals surface area contributed by atoms with Crippen LogP contribution in [0.25, 0.3) is 0 Å². The largest absolute Gasteiger partial charge is 0.510 e. The van der Waals surface area contributed by atoms with Gasteiger partial charge in [0.25, 0.3) is 0 Å². The number of rotatable bonds is 13. The number of carbonyl (C=O) groups excluding carboxylic acids is 2. The minimum atomic E-state index is -4.06. The van der Waals surface area contributed by atoms with E-state index >= 15 is 0 Å². The van der Waals surface area contributed by atoms with Gasteiger partial charge in [-0.3, -0.25) is 13.6 Å². The predicted octanol–water partition coefficient (Wildman–Crippen LogP) is 8.86. The van der Waals surface area contributed by atoms with Crippen molar-refractivity contribution >= 4 is 30.6 Å². The lowest BCUT2D eigenvalue weighted by atomic mass is 9.45. The molecule has 4 aliphatic carbocycles. The lowest BCUT2D eigenvalue weighted by Crippen LogP contribution is -2.54. The molecule has 0 saturated heterocycles. The van der Waals surface area contributed by atoms with E-state index in [1.54, 1.807) is 27.7 Å². The Labute approximate surface area is 288 Å². The molecule has 0 bridgehead atoms. The number of fused-ring (bicyclic) bond motifs is 5. The molecule has 48 heavy (non-hydrogen) atoms. The third kappa shape index (κ3) is 8.61. The van der Waals surface area contributed by atoms with Crippen LogP contribution in [0.3, 0.4) is 0 Å². The average molecular weight is 718 g/mol. The van der Waals surface area contributed by atoms with E-state index in [1.807, 2.05) is 0 Å². The van der Waals surface area contributed by atoms with Crippen molar-refractivity contribution in [2.45, 2.75) is 124 Å². The van der Waals surface area contributed by atoms with E-state index in [4.69, 9.17) is 37.6 Å². The molecule has 0 spiro atoms. The molecule has 4 fully saturated rings. The molecule has 5 rings (SSSR count). The van der Waals surface area contributed by atoms with Crippen LogP contribution in [0.4, 0.5) is 9.59 Å². The van der Waals surface area contributed by atoms with Crippen molar-refractivity contribution in [3.8, 4) is 0 Å². The molecule has 274 valence electrons. The summed E-state index contributed by atoms with van der Waals surface area (Å²) in [5, 5.41) is 2.49. The summed E-state index contributed by atoms with van der Waals surface area (Å²) >= 11 is 0. The molecule has 5 aliphatic rings. The van der Waals surface area contributed by atoms with Crippen LogP contribution < -0.4 is 0 Å². The van der Waals surface area contributed by atoms with Gasteiger partial charge in [-0.15, -0.1) is 0 Å². The highest BCUT2D eigenvalue weighted by Crippen LogP contribution is 2.67. The number of hydrogen-bond acceptors (Lipinski definition) is 12. The first-order chi connectivity index (χ1) is 22.7. The molecular formula is C34H56NO11PS. The van der Waals surface area contributed by atoms with Crippen molar-refractivity contribution in [1.82, 2.24) is 0 Å². The minimum absolute atomic E-state index is 0.00800. The van der Waals surface area contributed by atoms with Crippen LogP contribution in [0.5, 0.6) is 0 Å². The zero-order chi connectivity index (χ0) is 34.7. The zero-order valence-corrected chi connectivity index (χ0v) is 31.4. The van der Waals surface area contributed by atoms with Gasteiger partial charge in [0.1, 0.15) is 13.0 Å². The second kappa shape index (κ2) is 15.7. The van der Waals surface area contributed by atoms with Crippen molar-refractivity contribution in [3.63, 3.8) is 0 Å². The molecule has 0 aromatic heterocycles. The van der Waals surface area contributed by atoms with Gasteiger partial charge in [-0.05, 0) is 130 Å². The molecule has 0 N–H and O–H groups in total. The Morgan fingerprint density at radius 3 is 2.19 bits per heavy atom. The minimum Gasteiger partial charge on any atom is -0.432 e. The molecule has 12 nitrogen and oxygen atoms in total. The third-order valence-electron chi connectivity index (χ3n) is 11.6. The molecule has 9 atom stereocenters. The Bertz CT molecular complexity index is 1240. The van der Waals surface area contributed by atoms with Crippen LogP contribution in [0.2, 0.25) is 0 Å². The van der Waals surface area contributed by atoms with Crippen LogP contribution in [-0.2, 0) is 52.8 Å². The smallest absolute Gasteiger partial charge is 0.432 e. The summed E-state index contributed by atoms with van der Waals surface area (Å²) in [6.45, 7) is 12.8. The van der Waals surface area contributed by atoms with Crippen molar-refractivity contribution in [3.05, 3.63) is 11.2 Å². The molecule has 4 saturated carbocycles. The maximum atomic E-state index is 13.4. The van der Waals surface area contributed by atoms with E-state index in [0.717, 1.165) is 36.0 Å². The second-order valence-electron chi connectivity index (χ2n) is 15.4. The first kappa shape index (κ1) is 37.6. The van der Waals surface area contributed by atoms with Gasteiger partial charge in [-0.1, -0.05) is 31.7 Å². The highest BCUT2D eigenvalue weighted by Gasteiger charge is 2.60. The molecular weight excluding hydrogens is 661 g/mol. The maximum Gasteiger partial charge on any atom is 0.510 e. The summed E-state index contributed by atoms with van der Waals surface area (Å²) in [5.74, 6) is 4.69. The lowest BCUT2D eigenvalue weighted by molar-refractivity contribution is -0.109. The van der Waals surface area contributed by atoms with Gasteiger partial charge in [0.15, 0.2) is 5.76 Å². The highest BCUT2D eigenvalue weighted by molar-refractivity contribution is 7.91. The van der Waals surface area contributed by atoms with Crippen LogP contribution in [0, 0.1) is 40.4 Å². The van der Waals surface area contributed by atoms with E-state index in [1.165, 1.54) is 51.4 Å². The van der Waals surface area contributed by atoms with Crippen molar-refractivity contribution in [2.24, 2.45) is 44.9 Å². The number of hydrogen-bond donors (Lipinski definition) is 0. The first-order valence-corrected chi connectivity index (χ1v) is 20.7. The summed E-state index contributed by atoms with van der Waals surface area (Å²) < 4.78 is 53.6. The first-order valence-electron chi connectivity index (χ1n) is 17.7. The van der Waals surface area contributed by atoms with Gasteiger partial charge in [-0.2, -0.15) is 0 Å². The monoisotopic (exact) mass is 717 g/mol. The third-order valence-corrected chi connectivity index (χ3v) is 15.2. The lowest BCUT2D eigenvalue weighted by Gasteiger charge is -2.61. The summed E-state index contributed by atoms with van der Waals surface area (Å²) in [7, 11) is -4.45. The van der Waals surface area contributed by atoms with Crippen LogP contribution in [0.15, 0.2) is 15.7 Å². The van der Waals surface area contributed by atoms with Crippen LogP contribution in [0.1, 0.15) is 106 Å². The normalized spacial score (nSPS) is 35.9. The van der Waals surface area contributed by atoms with Crippen molar-refractivity contribution in [1.29, 1.82) is 0 Å². The van der Waals surface area contributed by atoms with Gasteiger partial charge in [0.05, 0.1) is 12.2 Å². The number of ether oxygens (including phenoxy) is 5. The van der Waals surface area contributed by atoms with Gasteiger partial charge < -0.3 is 28.5 Å². The summed E-state index contributed by atoms with van der Waals surface area (Å²) in [6.07, 6.45) is 8.61. The quantitative estimate of drug-likeness (QED) is 0.103. The Morgan fingerprint density at radius 1 is 0.917 bits per heavy atom. The van der Waals surface area contributed by atoms with E-state index in [-0.39, 0.29) is 12.0 Å². The molecule has 0 aromatic rings. The predicted molar refractivity (Wildman–Crippen MR) is 179 cm³/mol. The Morgan fingerprint density at radius 2 is 1.54 bits per heavy atom. The topological polar surface area (TPSA) is 137 Å². The molecule has 1 aliphatic heterocycles. The SMILES string of the molecule is CC(C)OC(=O)OCOP(=O)(COCC1=CS([C@H]2CCC3[C@@H]4CCC5C[C@@H](C)CC[C@]5(C)C4CC[C@@]32C)=NO1)OCOC(=O)OC(C)C. The highest BCUT2D eigenvalue weighted by atomic mass is 32.2. The van der Waals surface area contributed by atoms with E-state index < -0.39 is 62.7 Å². The van der Waals surface area contributed by atoms with Crippen LogP contribution in [-0.4, -0.2) is 56.3 Å². The average Bonchev–Trinajstić information content (AvgIpc) is 3.60. The number of carbonyl (C=O) groups is 2. The standard InChI is InChI=1S/C34H56NO11PS/c1-22(2)44-31(36)40-19-42-47(38,43-20-41-32(37)45-23(3)4)21-39-17-26-18-48(35-46-26)30-11-10-28-27-9-8-25-16-24(5)12-14-33(25,6)29(27)13-15-34(28,30)7/h18,22-25,27-30H,8-17,19-21H2,1-7H3/t24-,25?,27-,28?,29?,30-,33-,34-,48?/m0/s1. The summed E-state index contributed by atoms with van der Waals surface area (Å²) in [6, 6.07) is 0. The van der Waals surface area contributed by atoms with Gasteiger partial charge in [0.2, 0.25) is 13.6 Å². The van der Waals surface area contributed by atoms with E-state index in [2.05, 4.69) is 30.7 Å². The molecule has 4 unspecified atom stereocenters. The fraction of sp³-hybridized carbons (Fsp3) is 0.882. The molecule has 1 heterocycles. The summed E-state index contributed by atoms with van der Waals surface area (Å²) in [4.78, 5) is 29.2. The molecule has 14 heteroatoms. The second-order valence-corrected chi connectivity index (χ2v) is 19.1. The zero-order valence-electron chi connectivity index (χ0n) is 29.7. The van der Waals surface area contributed by atoms with E-state index in [9.17, 15) is 14.2 Å². The van der Waals surface area contributed by atoms with Crippen molar-refractivity contribution in [2.75, 3.05) is 26.5 Å². The van der Waals surface area contributed by atoms with Gasteiger partial charge in [0, 0.05) is 10.7 Å². The van der Waals surface area contributed by atoms with Gasteiger partial charge in [-0.25, -0.2) is 9.59 Å². The Kier molecular flexibility index (Phi) is 12.3. The maximum absolute atomic E-state index is 13.4. The molecule has 0 aromatic carbocycles. The molecule has 0 amide bonds. The Balaban J connectivity index is 1.15. The van der Waals surface area contributed by atoms with E-state index in [0.29, 0.717) is 16.4 Å². The fourth-order valence-corrected chi connectivity index (χ4v) is 12.5. The van der Waals surface area contributed by atoms with Crippen molar-refractivity contribution < 1.29 is 51.7 Å². The molecule has 0 radical (unpaired) electrons.